The fraction of sp³-hybridized carbons (Fsp3) is 0.143. The molecular formula is C14H9ClF2N6O. The van der Waals surface area contributed by atoms with Crippen LogP contribution in [-0.4, -0.2) is 31.2 Å². The van der Waals surface area contributed by atoms with Gasteiger partial charge in [0.25, 0.3) is 0 Å². The third-order valence-corrected chi connectivity index (χ3v) is 3.45. The summed E-state index contributed by atoms with van der Waals surface area (Å²) in [5, 5.41) is 17.3. The molecule has 0 unspecified atom stereocenters. The normalized spacial score (nSPS) is 10.8. The van der Waals surface area contributed by atoms with E-state index in [0.29, 0.717) is 11.4 Å². The molecule has 0 bridgehead atoms. The summed E-state index contributed by atoms with van der Waals surface area (Å²) < 4.78 is 31.7. The van der Waals surface area contributed by atoms with Crippen LogP contribution in [0.2, 0.25) is 5.02 Å². The van der Waals surface area contributed by atoms with Crippen LogP contribution < -0.4 is 4.74 Å². The molecule has 0 aliphatic heterocycles. The van der Waals surface area contributed by atoms with E-state index in [9.17, 15) is 14.0 Å². The lowest BCUT2D eigenvalue weighted by Gasteiger charge is -2.05. The van der Waals surface area contributed by atoms with Gasteiger partial charge in [0.1, 0.15) is 22.3 Å². The van der Waals surface area contributed by atoms with Crippen molar-refractivity contribution < 1.29 is 13.5 Å². The first-order chi connectivity index (χ1) is 11.5. The van der Waals surface area contributed by atoms with Gasteiger partial charge in [0.15, 0.2) is 5.82 Å². The maximum absolute atomic E-state index is 12.5. The predicted octanol–water partition coefficient (Wildman–Crippen LogP) is 2.79. The van der Waals surface area contributed by atoms with Crippen molar-refractivity contribution >= 4 is 11.6 Å². The molecule has 0 aliphatic carbocycles. The fourth-order valence-corrected chi connectivity index (χ4v) is 2.44. The number of aromatic nitrogens is 5. The van der Waals surface area contributed by atoms with Crippen LogP contribution in [0.1, 0.15) is 5.56 Å². The highest BCUT2D eigenvalue weighted by molar-refractivity contribution is 6.33. The smallest absolute Gasteiger partial charge is 0.388 e. The Bertz CT molecular complexity index is 915. The van der Waals surface area contributed by atoms with Gasteiger partial charge in [0, 0.05) is 13.2 Å². The van der Waals surface area contributed by atoms with Gasteiger partial charge in [-0.05, 0) is 12.1 Å². The summed E-state index contributed by atoms with van der Waals surface area (Å²) in [6, 6.07) is 7.15. The van der Waals surface area contributed by atoms with Gasteiger partial charge in [-0.1, -0.05) is 17.7 Å². The Hall–Kier alpha value is -2.99. The minimum absolute atomic E-state index is 0.0527. The lowest BCUT2D eigenvalue weighted by atomic mass is 10.2. The first-order valence-corrected chi connectivity index (χ1v) is 6.98. The summed E-state index contributed by atoms with van der Waals surface area (Å²) in [7, 11) is 1.40. The standard InChI is InChI=1S/C14H9ClF2N6O/c1-22-13(24-14(16)17)10(15)12(21-22)23-11(8(6-18)7-20-23)9-4-2-3-5-19-9/h2-5,7,14H,1H3. The number of nitriles is 1. The predicted molar refractivity (Wildman–Crippen MR) is 79.9 cm³/mol. The number of ether oxygens (including phenoxy) is 1. The fourth-order valence-electron chi connectivity index (χ4n) is 2.16. The van der Waals surface area contributed by atoms with E-state index >= 15 is 0 Å². The van der Waals surface area contributed by atoms with E-state index in [-0.39, 0.29) is 22.3 Å². The summed E-state index contributed by atoms with van der Waals surface area (Å²) in [5.74, 6) is -0.250. The molecular weight excluding hydrogens is 342 g/mol. The van der Waals surface area contributed by atoms with Crippen LogP contribution in [0.15, 0.2) is 30.6 Å². The van der Waals surface area contributed by atoms with E-state index in [2.05, 4.69) is 19.9 Å². The zero-order valence-corrected chi connectivity index (χ0v) is 12.9. The average molecular weight is 351 g/mol. The van der Waals surface area contributed by atoms with Gasteiger partial charge >= 0.3 is 6.61 Å². The quantitative estimate of drug-likeness (QED) is 0.722. The largest absolute Gasteiger partial charge is 0.415 e. The Morgan fingerprint density at radius 3 is 2.79 bits per heavy atom. The number of pyridine rings is 1. The van der Waals surface area contributed by atoms with Gasteiger partial charge in [-0.2, -0.15) is 19.1 Å². The number of hydrogen-bond acceptors (Lipinski definition) is 5. The molecule has 10 heteroatoms. The second-order valence-electron chi connectivity index (χ2n) is 4.59. The van der Waals surface area contributed by atoms with Crippen molar-refractivity contribution in [2.45, 2.75) is 6.61 Å². The molecule has 0 radical (unpaired) electrons. The van der Waals surface area contributed by atoms with Crippen molar-refractivity contribution in [3.05, 3.63) is 41.2 Å². The topological polar surface area (TPSA) is 81.5 Å². The summed E-state index contributed by atoms with van der Waals surface area (Å²) in [4.78, 5) is 4.18. The van der Waals surface area contributed by atoms with Crippen LogP contribution in [0.25, 0.3) is 17.2 Å². The minimum atomic E-state index is -3.05. The van der Waals surface area contributed by atoms with Crippen molar-refractivity contribution in [2.24, 2.45) is 7.05 Å². The first-order valence-electron chi connectivity index (χ1n) is 6.60. The van der Waals surface area contributed by atoms with E-state index in [1.54, 1.807) is 24.4 Å². The zero-order valence-electron chi connectivity index (χ0n) is 12.2. The summed E-state index contributed by atoms with van der Waals surface area (Å²) in [6.07, 6.45) is 2.88. The van der Waals surface area contributed by atoms with Gasteiger partial charge < -0.3 is 4.74 Å². The molecule has 0 spiro atoms. The zero-order chi connectivity index (χ0) is 17.3. The summed E-state index contributed by atoms with van der Waals surface area (Å²) in [6.45, 7) is -3.05. The molecule has 3 rings (SSSR count). The Morgan fingerprint density at radius 2 is 2.17 bits per heavy atom. The lowest BCUT2D eigenvalue weighted by molar-refractivity contribution is -0.0552. The maximum atomic E-state index is 12.5. The van der Waals surface area contributed by atoms with Gasteiger partial charge in [-0.15, -0.1) is 5.10 Å². The van der Waals surface area contributed by atoms with Crippen LogP contribution in [0.3, 0.4) is 0 Å². The van der Waals surface area contributed by atoms with E-state index in [1.165, 1.54) is 17.9 Å². The van der Waals surface area contributed by atoms with Crippen molar-refractivity contribution in [1.29, 1.82) is 5.26 Å². The number of hydrogen-bond donors (Lipinski definition) is 0. The van der Waals surface area contributed by atoms with Crippen LogP contribution in [0.5, 0.6) is 5.88 Å². The van der Waals surface area contributed by atoms with Crippen molar-refractivity contribution in [3.8, 4) is 29.2 Å². The molecule has 3 aromatic rings. The molecule has 0 aromatic carbocycles. The number of rotatable bonds is 4. The van der Waals surface area contributed by atoms with Gasteiger partial charge in [-0.3, -0.25) is 4.98 Å². The molecule has 24 heavy (non-hydrogen) atoms. The Labute approximate surface area is 139 Å². The minimum Gasteiger partial charge on any atom is -0.415 e. The molecule has 3 heterocycles. The number of nitrogens with zero attached hydrogens (tertiary/aromatic N) is 6. The molecule has 0 saturated carbocycles. The first kappa shape index (κ1) is 15.9. The van der Waals surface area contributed by atoms with Crippen LogP contribution in [0.4, 0.5) is 8.78 Å². The van der Waals surface area contributed by atoms with E-state index in [1.807, 2.05) is 6.07 Å². The van der Waals surface area contributed by atoms with E-state index in [0.717, 1.165) is 4.68 Å². The Balaban J connectivity index is 2.19. The monoisotopic (exact) mass is 350 g/mol. The van der Waals surface area contributed by atoms with Crippen molar-refractivity contribution in [2.75, 3.05) is 0 Å². The van der Waals surface area contributed by atoms with Crippen LogP contribution in [0, 0.1) is 11.3 Å². The Morgan fingerprint density at radius 1 is 1.38 bits per heavy atom. The van der Waals surface area contributed by atoms with Gasteiger partial charge in [0.2, 0.25) is 5.88 Å². The number of halogens is 3. The number of aryl methyl sites for hydroxylation is 1. The molecule has 0 aliphatic rings. The highest BCUT2D eigenvalue weighted by Gasteiger charge is 2.24. The summed E-state index contributed by atoms with van der Waals surface area (Å²) in [5.41, 5.74) is 1.05. The van der Waals surface area contributed by atoms with E-state index < -0.39 is 6.61 Å². The third kappa shape index (κ3) is 2.68. The molecule has 0 fully saturated rings. The SMILES string of the molecule is Cn1nc(-n2ncc(C#N)c2-c2ccccn2)c(Cl)c1OC(F)F. The molecule has 7 nitrogen and oxygen atoms in total. The number of alkyl halides is 2. The maximum Gasteiger partial charge on any atom is 0.388 e. The van der Waals surface area contributed by atoms with Gasteiger partial charge in [0.05, 0.1) is 11.9 Å². The molecule has 0 amide bonds. The second kappa shape index (κ2) is 6.25. The third-order valence-electron chi connectivity index (χ3n) is 3.12. The molecule has 3 aromatic heterocycles. The highest BCUT2D eigenvalue weighted by Crippen LogP contribution is 2.34. The van der Waals surface area contributed by atoms with Gasteiger partial charge in [-0.25, -0.2) is 9.36 Å². The van der Waals surface area contributed by atoms with Crippen molar-refractivity contribution in [1.82, 2.24) is 24.5 Å². The van der Waals surface area contributed by atoms with Crippen molar-refractivity contribution in [3.63, 3.8) is 0 Å². The summed E-state index contributed by atoms with van der Waals surface area (Å²) >= 11 is 6.11. The molecule has 122 valence electrons. The highest BCUT2D eigenvalue weighted by atomic mass is 35.5. The molecule has 0 saturated heterocycles. The van der Waals surface area contributed by atoms with Crippen LogP contribution in [-0.2, 0) is 7.05 Å². The molecule has 0 N–H and O–H groups in total. The molecule has 0 atom stereocenters. The Kier molecular flexibility index (Phi) is 4.14. The lowest BCUT2D eigenvalue weighted by Crippen LogP contribution is -2.06. The van der Waals surface area contributed by atoms with Crippen LogP contribution >= 0.6 is 11.6 Å². The average Bonchev–Trinajstić information content (AvgIpc) is 3.11. The second-order valence-corrected chi connectivity index (χ2v) is 4.97. The van der Waals surface area contributed by atoms with E-state index in [4.69, 9.17) is 11.6 Å².